The molecule has 0 amide bonds. The fourth-order valence-corrected chi connectivity index (χ4v) is 4.48. The van der Waals surface area contributed by atoms with Crippen molar-refractivity contribution in [1.29, 1.82) is 0 Å². The van der Waals surface area contributed by atoms with E-state index in [0.29, 0.717) is 19.2 Å². The van der Waals surface area contributed by atoms with E-state index in [1.54, 1.807) is 11.8 Å². The molecule has 2 rings (SSSR count). The normalized spacial score (nSPS) is 30.9. The largest absolute Gasteiger partial charge is 0.466 e. The zero-order valence-corrected chi connectivity index (χ0v) is 15.7. The molecule has 7 heteroatoms. The van der Waals surface area contributed by atoms with Crippen LogP contribution in [0, 0.1) is 5.92 Å². The fourth-order valence-electron chi connectivity index (χ4n) is 3.19. The lowest BCUT2D eigenvalue weighted by molar-refractivity contribution is -0.149. The monoisotopic (exact) mass is 357 g/mol. The van der Waals surface area contributed by atoms with Crippen LogP contribution in [0.4, 0.5) is 0 Å². The molecule has 1 aliphatic heterocycles. The summed E-state index contributed by atoms with van der Waals surface area (Å²) in [4.78, 5) is 16.4. The number of rotatable bonds is 6. The second-order valence-electron chi connectivity index (χ2n) is 6.67. The maximum absolute atomic E-state index is 11.8. The van der Waals surface area contributed by atoms with Gasteiger partial charge in [0.1, 0.15) is 0 Å². The molecule has 2 aliphatic rings. The molecule has 0 bridgehead atoms. The average molecular weight is 358 g/mol. The van der Waals surface area contributed by atoms with Crippen LogP contribution in [0.2, 0.25) is 0 Å². The number of guanidine groups is 1. The second kappa shape index (κ2) is 9.51. The lowest BCUT2D eigenvalue weighted by Gasteiger charge is -2.29. The van der Waals surface area contributed by atoms with Gasteiger partial charge < -0.3 is 20.5 Å². The predicted molar refractivity (Wildman–Crippen MR) is 98.4 cm³/mol. The van der Waals surface area contributed by atoms with E-state index in [1.165, 1.54) is 0 Å². The van der Waals surface area contributed by atoms with Crippen molar-refractivity contribution < 1.29 is 14.6 Å². The first-order valence-corrected chi connectivity index (χ1v) is 10.2. The number of aliphatic hydroxyl groups is 1. The molecule has 1 saturated carbocycles. The van der Waals surface area contributed by atoms with Crippen LogP contribution in [0.1, 0.15) is 46.0 Å². The summed E-state index contributed by atoms with van der Waals surface area (Å²) in [6.45, 7) is 5.57. The van der Waals surface area contributed by atoms with Crippen LogP contribution >= 0.6 is 11.8 Å². The summed E-state index contributed by atoms with van der Waals surface area (Å²) in [7, 11) is 0. The molecule has 1 saturated heterocycles. The molecule has 138 valence electrons. The Labute approximate surface area is 149 Å². The summed E-state index contributed by atoms with van der Waals surface area (Å²) >= 11 is 1.78. The summed E-state index contributed by atoms with van der Waals surface area (Å²) < 4.78 is 5.12. The Morgan fingerprint density at radius 1 is 1.33 bits per heavy atom. The van der Waals surface area contributed by atoms with Crippen LogP contribution in [-0.4, -0.2) is 59.9 Å². The quantitative estimate of drug-likeness (QED) is 0.380. The highest BCUT2D eigenvalue weighted by Gasteiger charge is 2.32. The minimum absolute atomic E-state index is 0.0405. The van der Waals surface area contributed by atoms with Crippen molar-refractivity contribution in [1.82, 2.24) is 10.6 Å². The van der Waals surface area contributed by atoms with E-state index in [-0.39, 0.29) is 11.9 Å². The zero-order valence-electron chi connectivity index (χ0n) is 14.8. The molecule has 1 atom stereocenters. The van der Waals surface area contributed by atoms with Crippen LogP contribution in [0.5, 0.6) is 0 Å². The first kappa shape index (κ1) is 19.4. The Morgan fingerprint density at radius 3 is 2.67 bits per heavy atom. The third kappa shape index (κ3) is 5.84. The smallest absolute Gasteiger partial charge is 0.308 e. The molecule has 6 nitrogen and oxygen atoms in total. The molecule has 0 aromatic carbocycles. The number of ether oxygens (including phenoxy) is 1. The van der Waals surface area contributed by atoms with Gasteiger partial charge in [-0.2, -0.15) is 11.8 Å². The van der Waals surface area contributed by atoms with Gasteiger partial charge in [-0.15, -0.1) is 0 Å². The molecule has 0 aromatic heterocycles. The van der Waals surface area contributed by atoms with Gasteiger partial charge in [0.15, 0.2) is 5.96 Å². The van der Waals surface area contributed by atoms with Crippen LogP contribution in [0.15, 0.2) is 4.99 Å². The van der Waals surface area contributed by atoms with Crippen molar-refractivity contribution in [2.24, 2.45) is 10.9 Å². The van der Waals surface area contributed by atoms with Gasteiger partial charge >= 0.3 is 5.97 Å². The van der Waals surface area contributed by atoms with E-state index in [2.05, 4.69) is 15.6 Å². The van der Waals surface area contributed by atoms with Crippen LogP contribution in [-0.2, 0) is 9.53 Å². The number of carbonyl (C=O) groups is 1. The SMILES string of the molecule is CCNC(=NCC1(O)CCSC1)NC1CCC(C(=O)OCC)CC1. The lowest BCUT2D eigenvalue weighted by atomic mass is 9.86. The Balaban J connectivity index is 1.82. The summed E-state index contributed by atoms with van der Waals surface area (Å²) in [6, 6.07) is 0.320. The van der Waals surface area contributed by atoms with Crippen molar-refractivity contribution in [3.63, 3.8) is 0 Å². The maximum atomic E-state index is 11.8. The van der Waals surface area contributed by atoms with E-state index < -0.39 is 5.60 Å². The third-order valence-corrected chi connectivity index (χ3v) is 5.88. The van der Waals surface area contributed by atoms with Gasteiger partial charge in [-0.1, -0.05) is 0 Å². The first-order chi connectivity index (χ1) is 11.6. The van der Waals surface area contributed by atoms with Gasteiger partial charge in [-0.05, 0) is 51.7 Å². The highest BCUT2D eigenvalue weighted by molar-refractivity contribution is 7.99. The van der Waals surface area contributed by atoms with E-state index in [9.17, 15) is 9.90 Å². The Morgan fingerprint density at radius 2 is 2.08 bits per heavy atom. The highest BCUT2D eigenvalue weighted by atomic mass is 32.2. The molecule has 1 unspecified atom stereocenters. The summed E-state index contributed by atoms with van der Waals surface area (Å²) in [5, 5.41) is 17.1. The van der Waals surface area contributed by atoms with Crippen LogP contribution in [0.25, 0.3) is 0 Å². The maximum Gasteiger partial charge on any atom is 0.308 e. The highest BCUT2D eigenvalue weighted by Crippen LogP contribution is 2.28. The fraction of sp³-hybridized carbons (Fsp3) is 0.882. The van der Waals surface area contributed by atoms with Crippen molar-refractivity contribution >= 4 is 23.7 Å². The number of nitrogens with one attached hydrogen (secondary N) is 2. The molecule has 1 heterocycles. The zero-order chi connectivity index (χ0) is 17.4. The number of aliphatic imine (C=N–C) groups is 1. The van der Waals surface area contributed by atoms with E-state index in [0.717, 1.165) is 56.1 Å². The first-order valence-electron chi connectivity index (χ1n) is 9.08. The Hall–Kier alpha value is -0.950. The van der Waals surface area contributed by atoms with Gasteiger partial charge in [-0.3, -0.25) is 9.79 Å². The number of hydrogen-bond donors (Lipinski definition) is 3. The number of esters is 1. The number of carbonyl (C=O) groups excluding carboxylic acids is 1. The number of hydrogen-bond acceptors (Lipinski definition) is 5. The molecule has 0 aromatic rings. The van der Waals surface area contributed by atoms with Crippen LogP contribution in [0.3, 0.4) is 0 Å². The molecular formula is C17H31N3O3S. The van der Waals surface area contributed by atoms with Crippen LogP contribution < -0.4 is 10.6 Å². The van der Waals surface area contributed by atoms with Gasteiger partial charge in [0.25, 0.3) is 0 Å². The van der Waals surface area contributed by atoms with Gasteiger partial charge in [0.2, 0.25) is 0 Å². The van der Waals surface area contributed by atoms with Crippen molar-refractivity contribution in [2.45, 2.75) is 57.6 Å². The molecule has 1 aliphatic carbocycles. The average Bonchev–Trinajstić information content (AvgIpc) is 3.01. The van der Waals surface area contributed by atoms with E-state index in [1.807, 2.05) is 13.8 Å². The molecular weight excluding hydrogens is 326 g/mol. The van der Waals surface area contributed by atoms with E-state index >= 15 is 0 Å². The second-order valence-corrected chi connectivity index (χ2v) is 7.77. The predicted octanol–water partition coefficient (Wildman–Crippen LogP) is 1.53. The summed E-state index contributed by atoms with van der Waals surface area (Å²) in [5.74, 6) is 2.52. The summed E-state index contributed by atoms with van der Waals surface area (Å²) in [5.41, 5.74) is -0.658. The third-order valence-electron chi connectivity index (χ3n) is 4.65. The number of nitrogens with zero attached hydrogens (tertiary/aromatic N) is 1. The van der Waals surface area contributed by atoms with E-state index in [4.69, 9.17) is 4.74 Å². The van der Waals surface area contributed by atoms with Crippen molar-refractivity contribution in [3.05, 3.63) is 0 Å². The molecule has 2 fully saturated rings. The standard InChI is InChI=1S/C17H31N3O3S/c1-3-18-16(19-11-17(22)9-10-24-12-17)20-14-7-5-13(6-8-14)15(21)23-4-2/h13-14,22H,3-12H2,1-2H3,(H2,18,19,20). The van der Waals surface area contributed by atoms with Gasteiger partial charge in [0, 0.05) is 18.3 Å². The lowest BCUT2D eigenvalue weighted by Crippen LogP contribution is -2.46. The van der Waals surface area contributed by atoms with Crippen molar-refractivity contribution in [3.8, 4) is 0 Å². The Bertz CT molecular complexity index is 431. The Kier molecular flexibility index (Phi) is 7.68. The minimum atomic E-state index is -0.658. The molecule has 0 radical (unpaired) electrons. The summed E-state index contributed by atoms with van der Waals surface area (Å²) in [6.07, 6.45) is 4.40. The topological polar surface area (TPSA) is 83.0 Å². The van der Waals surface area contributed by atoms with Gasteiger partial charge in [0.05, 0.1) is 24.7 Å². The molecule has 3 N–H and O–H groups in total. The van der Waals surface area contributed by atoms with Crippen molar-refractivity contribution in [2.75, 3.05) is 31.2 Å². The molecule has 24 heavy (non-hydrogen) atoms. The van der Waals surface area contributed by atoms with Gasteiger partial charge in [-0.25, -0.2) is 0 Å². The minimum Gasteiger partial charge on any atom is -0.466 e. The molecule has 0 spiro atoms. The number of thioether (sulfide) groups is 1.